The van der Waals surface area contributed by atoms with Gasteiger partial charge in [-0.25, -0.2) is 0 Å². The van der Waals surface area contributed by atoms with Gasteiger partial charge in [0.2, 0.25) is 0 Å². The number of fused-ring (bicyclic) bond motifs is 1. The number of hydrogen-bond donors (Lipinski definition) is 0. The Hall–Kier alpha value is -1.78. The van der Waals surface area contributed by atoms with Crippen molar-refractivity contribution in [1.82, 2.24) is 19.6 Å². The van der Waals surface area contributed by atoms with Crippen LogP contribution in [0.1, 0.15) is 32.4 Å². The molecule has 16 heavy (non-hydrogen) atoms. The third kappa shape index (κ3) is 1.68. The molecule has 5 nitrogen and oxygen atoms in total. The second-order valence-electron chi connectivity index (χ2n) is 4.21. The van der Waals surface area contributed by atoms with E-state index in [0.29, 0.717) is 11.3 Å². The van der Waals surface area contributed by atoms with Crippen LogP contribution in [0.5, 0.6) is 0 Å². The largest absolute Gasteiger partial charge is 0.299 e. The molecule has 5 heteroatoms. The zero-order valence-electron chi connectivity index (χ0n) is 9.58. The number of carbonyl (C=O) groups excluding carboxylic acids is 1. The van der Waals surface area contributed by atoms with E-state index >= 15 is 0 Å². The van der Waals surface area contributed by atoms with Crippen molar-refractivity contribution >= 4 is 11.4 Å². The number of carbonyl (C=O) groups is 1. The van der Waals surface area contributed by atoms with Crippen LogP contribution in [0.3, 0.4) is 0 Å². The Morgan fingerprint density at radius 3 is 2.81 bits per heavy atom. The summed E-state index contributed by atoms with van der Waals surface area (Å²) in [6.45, 7) is 5.60. The minimum atomic E-state index is -0.215. The van der Waals surface area contributed by atoms with Gasteiger partial charge in [0.1, 0.15) is 12.1 Å². The van der Waals surface area contributed by atoms with Gasteiger partial charge in [-0.15, -0.1) is 10.2 Å². The van der Waals surface area contributed by atoms with Crippen LogP contribution < -0.4 is 0 Å². The molecule has 0 bridgehead atoms. The number of ketones is 1. The van der Waals surface area contributed by atoms with E-state index in [1.807, 2.05) is 13.8 Å². The fourth-order valence-electron chi connectivity index (χ4n) is 1.98. The van der Waals surface area contributed by atoms with E-state index in [0.717, 1.165) is 0 Å². The molecule has 0 saturated heterocycles. The third-order valence-corrected chi connectivity index (χ3v) is 2.64. The monoisotopic (exact) mass is 218 g/mol. The maximum absolute atomic E-state index is 11.7. The fourth-order valence-corrected chi connectivity index (χ4v) is 1.98. The van der Waals surface area contributed by atoms with Crippen LogP contribution in [-0.4, -0.2) is 25.4 Å². The normalized spacial score (nSPS) is 13.2. The molecule has 0 N–H and O–H groups in total. The van der Waals surface area contributed by atoms with Crippen molar-refractivity contribution in [1.29, 1.82) is 0 Å². The first-order valence-corrected chi connectivity index (χ1v) is 5.26. The zero-order valence-corrected chi connectivity index (χ0v) is 9.58. The van der Waals surface area contributed by atoms with Gasteiger partial charge < -0.3 is 0 Å². The van der Waals surface area contributed by atoms with Crippen molar-refractivity contribution < 1.29 is 4.79 Å². The summed E-state index contributed by atoms with van der Waals surface area (Å²) in [5.74, 6) is 0.0967. The molecule has 0 fully saturated rings. The number of hydrogen-bond acceptors (Lipinski definition) is 4. The lowest BCUT2D eigenvalue weighted by atomic mass is 9.89. The summed E-state index contributed by atoms with van der Waals surface area (Å²) in [4.78, 5) is 15.9. The van der Waals surface area contributed by atoms with Gasteiger partial charge in [0.15, 0.2) is 5.65 Å². The molecule has 2 aromatic rings. The van der Waals surface area contributed by atoms with Crippen LogP contribution in [0, 0.1) is 5.92 Å². The summed E-state index contributed by atoms with van der Waals surface area (Å²) in [6.07, 6.45) is 5.05. The topological polar surface area (TPSA) is 60.2 Å². The maximum atomic E-state index is 11.7. The summed E-state index contributed by atoms with van der Waals surface area (Å²) >= 11 is 0. The summed E-state index contributed by atoms with van der Waals surface area (Å²) in [6, 6.07) is 0. The average molecular weight is 218 g/mol. The number of rotatable bonds is 3. The lowest BCUT2D eigenvalue weighted by molar-refractivity contribution is -0.119. The first kappa shape index (κ1) is 10.7. The van der Waals surface area contributed by atoms with Gasteiger partial charge in [0, 0.05) is 12.4 Å². The second kappa shape index (κ2) is 4.00. The highest BCUT2D eigenvalue weighted by atomic mass is 16.1. The van der Waals surface area contributed by atoms with Crippen molar-refractivity contribution in [2.75, 3.05) is 0 Å². The first-order chi connectivity index (χ1) is 7.61. The molecule has 84 valence electrons. The maximum Gasteiger partial charge on any atom is 0.183 e. The Morgan fingerprint density at radius 1 is 1.44 bits per heavy atom. The van der Waals surface area contributed by atoms with Crippen molar-refractivity contribution in [3.05, 3.63) is 24.4 Å². The van der Waals surface area contributed by atoms with Crippen molar-refractivity contribution in [2.45, 2.75) is 26.7 Å². The molecule has 0 saturated carbocycles. The summed E-state index contributed by atoms with van der Waals surface area (Å²) in [7, 11) is 0. The quantitative estimate of drug-likeness (QED) is 0.782. The lowest BCUT2D eigenvalue weighted by Gasteiger charge is -2.17. The molecular formula is C11H14N4O. The summed E-state index contributed by atoms with van der Waals surface area (Å²) in [5.41, 5.74) is 1.37. The molecule has 0 aliphatic rings. The smallest absolute Gasteiger partial charge is 0.183 e. The van der Waals surface area contributed by atoms with Crippen LogP contribution >= 0.6 is 0 Å². The molecule has 0 aliphatic heterocycles. The molecule has 0 aromatic carbocycles. The third-order valence-electron chi connectivity index (χ3n) is 2.64. The van der Waals surface area contributed by atoms with Crippen LogP contribution in [0.4, 0.5) is 0 Å². The van der Waals surface area contributed by atoms with Crippen LogP contribution in [-0.2, 0) is 4.79 Å². The Kier molecular flexibility index (Phi) is 2.68. The molecule has 0 spiro atoms. The SMILES string of the molecule is CC(=O)C(c1nccn2cnnc12)C(C)C. The summed E-state index contributed by atoms with van der Waals surface area (Å²) < 4.78 is 1.78. The predicted molar refractivity (Wildman–Crippen MR) is 59.0 cm³/mol. The van der Waals surface area contributed by atoms with Gasteiger partial charge in [-0.05, 0) is 12.8 Å². The Morgan fingerprint density at radius 2 is 2.19 bits per heavy atom. The average Bonchev–Trinajstić information content (AvgIpc) is 2.65. The molecular weight excluding hydrogens is 204 g/mol. The number of Topliss-reactive ketones (excluding diaryl/α,β-unsaturated/α-hetero) is 1. The highest BCUT2D eigenvalue weighted by Crippen LogP contribution is 2.25. The first-order valence-electron chi connectivity index (χ1n) is 5.26. The van der Waals surface area contributed by atoms with E-state index in [1.165, 1.54) is 0 Å². The highest BCUT2D eigenvalue weighted by molar-refractivity contribution is 5.84. The second-order valence-corrected chi connectivity index (χ2v) is 4.21. The van der Waals surface area contributed by atoms with Crippen LogP contribution in [0.15, 0.2) is 18.7 Å². The molecule has 0 aliphatic carbocycles. The Bertz CT molecular complexity index is 517. The van der Waals surface area contributed by atoms with Crippen molar-refractivity contribution in [3.8, 4) is 0 Å². The van der Waals surface area contributed by atoms with Gasteiger partial charge in [0.25, 0.3) is 0 Å². The number of aromatic nitrogens is 4. The fraction of sp³-hybridized carbons (Fsp3) is 0.455. The number of nitrogens with zero attached hydrogens (tertiary/aromatic N) is 4. The predicted octanol–water partition coefficient (Wildman–Crippen LogP) is 1.45. The Balaban J connectivity index is 2.60. The van der Waals surface area contributed by atoms with E-state index < -0.39 is 0 Å². The zero-order chi connectivity index (χ0) is 11.7. The molecule has 1 unspecified atom stereocenters. The standard InChI is InChI=1S/C11H14N4O/c1-7(2)9(8(3)16)10-11-14-13-6-15(11)5-4-12-10/h4-7,9H,1-3H3. The van der Waals surface area contributed by atoms with E-state index in [9.17, 15) is 4.79 Å². The lowest BCUT2D eigenvalue weighted by Crippen LogP contribution is -2.17. The minimum Gasteiger partial charge on any atom is -0.299 e. The van der Waals surface area contributed by atoms with E-state index in [4.69, 9.17) is 0 Å². The van der Waals surface area contributed by atoms with E-state index in [-0.39, 0.29) is 17.6 Å². The van der Waals surface area contributed by atoms with Gasteiger partial charge in [0.05, 0.1) is 11.6 Å². The molecule has 2 aromatic heterocycles. The highest BCUT2D eigenvalue weighted by Gasteiger charge is 2.25. The van der Waals surface area contributed by atoms with Crippen LogP contribution in [0.25, 0.3) is 5.65 Å². The molecule has 0 amide bonds. The Labute approximate surface area is 93.5 Å². The minimum absolute atomic E-state index is 0.110. The van der Waals surface area contributed by atoms with Gasteiger partial charge in [-0.1, -0.05) is 13.8 Å². The van der Waals surface area contributed by atoms with Crippen molar-refractivity contribution in [3.63, 3.8) is 0 Å². The van der Waals surface area contributed by atoms with Gasteiger partial charge in [-0.3, -0.25) is 14.2 Å². The molecule has 2 heterocycles. The van der Waals surface area contributed by atoms with Gasteiger partial charge in [-0.2, -0.15) is 0 Å². The summed E-state index contributed by atoms with van der Waals surface area (Å²) in [5, 5.41) is 7.83. The van der Waals surface area contributed by atoms with Crippen LogP contribution in [0.2, 0.25) is 0 Å². The van der Waals surface area contributed by atoms with E-state index in [1.54, 1.807) is 30.0 Å². The van der Waals surface area contributed by atoms with E-state index in [2.05, 4.69) is 15.2 Å². The molecule has 0 radical (unpaired) electrons. The van der Waals surface area contributed by atoms with Gasteiger partial charge >= 0.3 is 0 Å². The molecule has 2 rings (SSSR count). The molecule has 1 atom stereocenters. The van der Waals surface area contributed by atoms with Crippen molar-refractivity contribution in [2.24, 2.45) is 5.92 Å².